The van der Waals surface area contributed by atoms with E-state index >= 15 is 0 Å². The molecule has 10 nitrogen and oxygen atoms in total. The lowest BCUT2D eigenvalue weighted by molar-refractivity contribution is -0.140. The molecule has 0 aromatic heterocycles. The van der Waals surface area contributed by atoms with Crippen LogP contribution in [0.15, 0.2) is 60.7 Å². The summed E-state index contributed by atoms with van der Waals surface area (Å²) in [5.41, 5.74) is 0.997. The number of aryl methyl sites for hydroxylation is 1. The molecule has 1 unspecified atom stereocenters. The molecule has 1 heterocycles. The summed E-state index contributed by atoms with van der Waals surface area (Å²) in [5.74, 6) is -1.96. The molecule has 3 N–H and O–H groups in total. The van der Waals surface area contributed by atoms with Crippen molar-refractivity contribution in [3.8, 4) is 0 Å². The van der Waals surface area contributed by atoms with Gasteiger partial charge >= 0.3 is 13.2 Å². The number of morpholine rings is 1. The minimum atomic E-state index is -1.82. The second kappa shape index (κ2) is 15.6. The van der Waals surface area contributed by atoms with Gasteiger partial charge in [0, 0.05) is 19.6 Å². The normalized spacial score (nSPS) is 15.0. The van der Waals surface area contributed by atoms with Crippen LogP contribution in [0.1, 0.15) is 51.2 Å². The highest BCUT2D eigenvalue weighted by atomic mass is 16.6. The molecule has 41 heavy (non-hydrogen) atoms. The molecule has 11 heteroatoms. The van der Waals surface area contributed by atoms with Gasteiger partial charge in [-0.3, -0.25) is 14.5 Å². The highest BCUT2D eigenvalue weighted by Gasteiger charge is 2.38. The molecular weight excluding hydrogens is 525 g/mol. The molecule has 0 bridgehead atoms. The number of nitrogens with zero attached hydrogens (tertiary/aromatic N) is 2. The Kier molecular flexibility index (Phi) is 12.2. The van der Waals surface area contributed by atoms with E-state index in [1.165, 1.54) is 4.90 Å². The Morgan fingerprint density at radius 2 is 1.59 bits per heavy atom. The average molecular weight is 567 g/mol. The first kappa shape index (κ1) is 32.1. The summed E-state index contributed by atoms with van der Waals surface area (Å²) < 4.78 is 11.0. The maximum absolute atomic E-state index is 13.8. The van der Waals surface area contributed by atoms with Gasteiger partial charge in [0.05, 0.1) is 25.6 Å². The number of rotatable bonds is 12. The van der Waals surface area contributed by atoms with Crippen molar-refractivity contribution in [3.63, 3.8) is 0 Å². The number of hydrogen-bond donors (Lipinski definition) is 3. The van der Waals surface area contributed by atoms with E-state index in [0.29, 0.717) is 39.1 Å². The van der Waals surface area contributed by atoms with Gasteiger partial charge in [0.1, 0.15) is 11.6 Å². The van der Waals surface area contributed by atoms with Crippen molar-refractivity contribution >= 4 is 25.0 Å². The number of hydrogen-bond acceptors (Lipinski definition) is 7. The molecule has 0 radical (unpaired) electrons. The van der Waals surface area contributed by atoms with Crippen molar-refractivity contribution in [1.82, 2.24) is 15.1 Å². The molecule has 1 aliphatic rings. The van der Waals surface area contributed by atoms with Crippen LogP contribution < -0.4 is 5.32 Å². The molecule has 1 fully saturated rings. The van der Waals surface area contributed by atoms with Gasteiger partial charge in [-0.15, -0.1) is 0 Å². The van der Waals surface area contributed by atoms with Crippen LogP contribution in [-0.4, -0.2) is 88.8 Å². The molecule has 222 valence electrons. The first-order valence-electron chi connectivity index (χ1n) is 14.1. The Bertz CT molecular complexity index is 1110. The number of carbonyl (C=O) groups excluding carboxylic acids is 3. The van der Waals surface area contributed by atoms with Crippen molar-refractivity contribution in [3.05, 3.63) is 71.8 Å². The smallest absolute Gasteiger partial charge is 0.444 e. The van der Waals surface area contributed by atoms with Crippen LogP contribution in [0, 0.1) is 0 Å². The molecule has 1 aliphatic heterocycles. The summed E-state index contributed by atoms with van der Waals surface area (Å²) in [4.78, 5) is 43.5. The molecule has 0 aliphatic carbocycles. The third-order valence-corrected chi connectivity index (χ3v) is 6.75. The zero-order chi connectivity index (χ0) is 29.8. The zero-order valence-electron chi connectivity index (χ0n) is 24.2. The van der Waals surface area contributed by atoms with Gasteiger partial charge in [0.2, 0.25) is 11.8 Å². The Balaban J connectivity index is 1.85. The maximum Gasteiger partial charge on any atom is 0.475 e. The van der Waals surface area contributed by atoms with Crippen LogP contribution >= 0.6 is 0 Å². The second-order valence-corrected chi connectivity index (χ2v) is 11.2. The summed E-state index contributed by atoms with van der Waals surface area (Å²) in [6.45, 7) is 6.75. The minimum Gasteiger partial charge on any atom is -0.444 e. The van der Waals surface area contributed by atoms with Gasteiger partial charge in [-0.25, -0.2) is 4.79 Å². The lowest BCUT2D eigenvalue weighted by Crippen LogP contribution is -2.57. The molecule has 0 saturated carbocycles. The van der Waals surface area contributed by atoms with E-state index in [2.05, 4.69) is 5.32 Å². The first-order chi connectivity index (χ1) is 19.5. The Labute approximate surface area is 242 Å². The van der Waals surface area contributed by atoms with Crippen LogP contribution in [0.25, 0.3) is 0 Å². The first-order valence-corrected chi connectivity index (χ1v) is 14.1. The largest absolute Gasteiger partial charge is 0.475 e. The monoisotopic (exact) mass is 567 g/mol. The van der Waals surface area contributed by atoms with E-state index in [1.807, 2.05) is 60.7 Å². The highest BCUT2D eigenvalue weighted by Crippen LogP contribution is 2.19. The average Bonchev–Trinajstić information content (AvgIpc) is 2.94. The van der Waals surface area contributed by atoms with E-state index in [1.54, 1.807) is 25.7 Å². The molecule has 2 aromatic carbocycles. The third kappa shape index (κ3) is 10.8. The number of carbonyl (C=O) groups is 3. The van der Waals surface area contributed by atoms with Crippen LogP contribution in [0.2, 0.25) is 0 Å². The van der Waals surface area contributed by atoms with E-state index in [-0.39, 0.29) is 25.3 Å². The SMILES string of the molecule is CC(C)(C)OC(=O)N(Cc1ccccc1)C(CC(=O)N1CCOCC1)C(=O)N[C@@H](CCCc1ccccc1)B(O)O. The summed E-state index contributed by atoms with van der Waals surface area (Å²) >= 11 is 0. The zero-order valence-corrected chi connectivity index (χ0v) is 24.2. The maximum atomic E-state index is 13.8. The predicted octanol–water partition coefficient (Wildman–Crippen LogP) is 2.56. The molecule has 3 amide bonds. The molecule has 1 saturated heterocycles. The Hall–Kier alpha value is -3.41. The van der Waals surface area contributed by atoms with Crippen molar-refractivity contribution in [1.29, 1.82) is 0 Å². The fourth-order valence-electron chi connectivity index (χ4n) is 4.60. The van der Waals surface area contributed by atoms with Gasteiger partial charge in [-0.1, -0.05) is 60.7 Å². The topological polar surface area (TPSA) is 129 Å². The Morgan fingerprint density at radius 3 is 2.15 bits per heavy atom. The van der Waals surface area contributed by atoms with Crippen LogP contribution in [0.3, 0.4) is 0 Å². The number of amides is 3. The van der Waals surface area contributed by atoms with Crippen LogP contribution in [0.5, 0.6) is 0 Å². The van der Waals surface area contributed by atoms with Gasteiger partial charge in [-0.05, 0) is 51.2 Å². The molecule has 3 rings (SSSR count). The summed E-state index contributed by atoms with van der Waals surface area (Å²) in [6.07, 6.45) is 0.520. The molecule has 2 atom stereocenters. The number of nitrogens with one attached hydrogen (secondary N) is 1. The molecule has 2 aromatic rings. The summed E-state index contributed by atoms with van der Waals surface area (Å²) in [5, 5.41) is 22.9. The van der Waals surface area contributed by atoms with Crippen molar-refractivity contribution in [2.24, 2.45) is 0 Å². The van der Waals surface area contributed by atoms with Crippen molar-refractivity contribution in [2.75, 3.05) is 26.3 Å². The van der Waals surface area contributed by atoms with E-state index in [9.17, 15) is 24.4 Å². The van der Waals surface area contributed by atoms with E-state index in [0.717, 1.165) is 11.1 Å². The fourth-order valence-corrected chi connectivity index (χ4v) is 4.60. The van der Waals surface area contributed by atoms with Crippen molar-refractivity contribution in [2.45, 2.75) is 70.6 Å². The van der Waals surface area contributed by atoms with Gasteiger partial charge in [0.15, 0.2) is 0 Å². The highest BCUT2D eigenvalue weighted by molar-refractivity contribution is 6.43. The third-order valence-electron chi connectivity index (χ3n) is 6.75. The van der Waals surface area contributed by atoms with Gasteiger partial charge in [-0.2, -0.15) is 0 Å². The van der Waals surface area contributed by atoms with Crippen LogP contribution in [0.4, 0.5) is 4.79 Å². The minimum absolute atomic E-state index is 0.0184. The molecule has 0 spiro atoms. The lowest BCUT2D eigenvalue weighted by atomic mass is 9.76. The fraction of sp³-hybridized carbons (Fsp3) is 0.500. The standard InChI is InChI=1S/C30H42BN3O7/c1-30(2,3)41-29(37)34(22-24-13-8-5-9-14-24)25(21-27(35)33-17-19-40-20-18-33)28(36)32-26(31(38)39)16-10-15-23-11-6-4-7-12-23/h4-9,11-14,25-26,38-39H,10,15-22H2,1-3H3,(H,32,36)/t25?,26-/m0/s1. The second-order valence-electron chi connectivity index (χ2n) is 11.2. The van der Waals surface area contributed by atoms with Gasteiger partial charge in [0.25, 0.3) is 0 Å². The lowest BCUT2D eigenvalue weighted by Gasteiger charge is -2.35. The van der Waals surface area contributed by atoms with Crippen LogP contribution in [-0.2, 0) is 32.0 Å². The van der Waals surface area contributed by atoms with E-state index < -0.39 is 36.7 Å². The number of benzene rings is 2. The quantitative estimate of drug-likeness (QED) is 0.337. The van der Waals surface area contributed by atoms with Crippen molar-refractivity contribution < 1.29 is 33.9 Å². The number of ether oxygens (including phenoxy) is 2. The van der Waals surface area contributed by atoms with Gasteiger partial charge < -0.3 is 29.7 Å². The molecular formula is C30H42BN3O7. The Morgan fingerprint density at radius 1 is 1.00 bits per heavy atom. The predicted molar refractivity (Wildman–Crippen MR) is 156 cm³/mol. The summed E-state index contributed by atoms with van der Waals surface area (Å²) in [7, 11) is -1.82. The summed E-state index contributed by atoms with van der Waals surface area (Å²) in [6, 6.07) is 17.6. The van der Waals surface area contributed by atoms with E-state index in [4.69, 9.17) is 9.47 Å².